The number of carboxylic acids is 1. The van der Waals surface area contributed by atoms with E-state index in [0.29, 0.717) is 0 Å². The standard InChI is InChI=1S/C11H21NO3/c1-10(2,3)12(6)8(13)7-11(4,5)9(14)15/h7H2,1-6H3,(H,14,15). The summed E-state index contributed by atoms with van der Waals surface area (Å²) in [7, 11) is 1.69. The Bertz CT molecular complexity index is 263. The van der Waals surface area contributed by atoms with E-state index in [-0.39, 0.29) is 17.9 Å². The van der Waals surface area contributed by atoms with Crippen molar-refractivity contribution >= 4 is 11.9 Å². The number of carbonyl (C=O) groups excluding carboxylic acids is 1. The Labute approximate surface area is 91.3 Å². The molecule has 0 unspecified atom stereocenters. The minimum absolute atomic E-state index is 0.0239. The summed E-state index contributed by atoms with van der Waals surface area (Å²) >= 11 is 0. The number of hydrogen-bond donors (Lipinski definition) is 1. The van der Waals surface area contributed by atoms with Crippen molar-refractivity contribution in [1.82, 2.24) is 4.90 Å². The van der Waals surface area contributed by atoms with Gasteiger partial charge in [0.05, 0.1) is 5.41 Å². The number of rotatable bonds is 3. The Balaban J connectivity index is 4.58. The fraction of sp³-hybridized carbons (Fsp3) is 0.818. The van der Waals surface area contributed by atoms with Crippen molar-refractivity contribution in [3.8, 4) is 0 Å². The summed E-state index contributed by atoms with van der Waals surface area (Å²) in [5.74, 6) is -1.09. The molecule has 0 heterocycles. The third-order valence-electron chi connectivity index (χ3n) is 2.55. The van der Waals surface area contributed by atoms with Crippen LogP contribution >= 0.6 is 0 Å². The molecule has 1 N–H and O–H groups in total. The molecule has 0 aromatic carbocycles. The Morgan fingerprint density at radius 1 is 1.13 bits per heavy atom. The average molecular weight is 215 g/mol. The molecular formula is C11H21NO3. The lowest BCUT2D eigenvalue weighted by Crippen LogP contribution is -2.44. The molecule has 0 aliphatic carbocycles. The molecule has 4 heteroatoms. The molecule has 0 spiro atoms. The smallest absolute Gasteiger partial charge is 0.309 e. The first-order chi connectivity index (χ1) is 6.48. The van der Waals surface area contributed by atoms with Crippen LogP contribution in [0, 0.1) is 5.41 Å². The van der Waals surface area contributed by atoms with Gasteiger partial charge in [-0.05, 0) is 34.6 Å². The topological polar surface area (TPSA) is 57.6 Å². The van der Waals surface area contributed by atoms with Gasteiger partial charge in [-0.3, -0.25) is 9.59 Å². The summed E-state index contributed by atoms with van der Waals surface area (Å²) in [6, 6.07) is 0. The zero-order valence-corrected chi connectivity index (χ0v) is 10.4. The fourth-order valence-corrected chi connectivity index (χ4v) is 0.946. The van der Waals surface area contributed by atoms with Gasteiger partial charge in [0.15, 0.2) is 0 Å². The molecule has 4 nitrogen and oxygen atoms in total. The van der Waals surface area contributed by atoms with Gasteiger partial charge < -0.3 is 10.0 Å². The predicted octanol–water partition coefficient (Wildman–Crippen LogP) is 1.74. The number of hydrogen-bond acceptors (Lipinski definition) is 2. The van der Waals surface area contributed by atoms with Crippen LogP contribution in [0.3, 0.4) is 0 Å². The van der Waals surface area contributed by atoms with Gasteiger partial charge in [-0.25, -0.2) is 0 Å². The van der Waals surface area contributed by atoms with Crippen LogP contribution in [0.4, 0.5) is 0 Å². The van der Waals surface area contributed by atoms with E-state index in [9.17, 15) is 9.59 Å². The molecule has 0 aromatic rings. The van der Waals surface area contributed by atoms with E-state index >= 15 is 0 Å². The third-order valence-corrected chi connectivity index (χ3v) is 2.55. The lowest BCUT2D eigenvalue weighted by atomic mass is 9.88. The van der Waals surface area contributed by atoms with Gasteiger partial charge >= 0.3 is 5.97 Å². The van der Waals surface area contributed by atoms with Gasteiger partial charge in [0.2, 0.25) is 5.91 Å². The van der Waals surface area contributed by atoms with Crippen molar-refractivity contribution in [2.45, 2.75) is 46.6 Å². The molecule has 1 amide bonds. The second kappa shape index (κ2) is 4.21. The number of aliphatic carboxylic acids is 1. The van der Waals surface area contributed by atoms with E-state index in [1.54, 1.807) is 25.8 Å². The second-order valence-electron chi connectivity index (χ2n) is 5.49. The summed E-state index contributed by atoms with van der Waals surface area (Å²) in [6.07, 6.45) is 0.0239. The van der Waals surface area contributed by atoms with E-state index in [0.717, 1.165) is 0 Å². The highest BCUT2D eigenvalue weighted by Gasteiger charge is 2.33. The molecule has 0 atom stereocenters. The molecule has 15 heavy (non-hydrogen) atoms. The van der Waals surface area contributed by atoms with Crippen LogP contribution in [0.5, 0.6) is 0 Å². The summed E-state index contributed by atoms with van der Waals surface area (Å²) in [4.78, 5) is 24.2. The van der Waals surface area contributed by atoms with Crippen LogP contribution in [-0.4, -0.2) is 34.5 Å². The second-order valence-corrected chi connectivity index (χ2v) is 5.49. The average Bonchev–Trinajstić information content (AvgIpc) is 2.00. The molecule has 0 radical (unpaired) electrons. The van der Waals surface area contributed by atoms with Gasteiger partial charge in [-0.2, -0.15) is 0 Å². The van der Waals surface area contributed by atoms with Crippen molar-refractivity contribution in [1.29, 1.82) is 0 Å². The first-order valence-corrected chi connectivity index (χ1v) is 4.98. The lowest BCUT2D eigenvalue weighted by Gasteiger charge is -2.33. The summed E-state index contributed by atoms with van der Waals surface area (Å²) < 4.78 is 0. The number of nitrogens with zero attached hydrogens (tertiary/aromatic N) is 1. The van der Waals surface area contributed by atoms with E-state index < -0.39 is 11.4 Å². The Hall–Kier alpha value is -1.06. The Kier molecular flexibility index (Phi) is 3.91. The fourth-order valence-electron chi connectivity index (χ4n) is 0.946. The number of carboxylic acid groups (broad SMARTS) is 1. The zero-order chi connectivity index (χ0) is 12.4. The lowest BCUT2D eigenvalue weighted by molar-refractivity contribution is -0.152. The first-order valence-electron chi connectivity index (χ1n) is 4.98. The van der Waals surface area contributed by atoms with Gasteiger partial charge in [-0.15, -0.1) is 0 Å². The summed E-state index contributed by atoms with van der Waals surface area (Å²) in [5, 5.41) is 8.90. The van der Waals surface area contributed by atoms with Crippen LogP contribution in [0.1, 0.15) is 41.0 Å². The van der Waals surface area contributed by atoms with E-state index in [1.165, 1.54) is 0 Å². The van der Waals surface area contributed by atoms with Crippen molar-refractivity contribution in [3.05, 3.63) is 0 Å². The molecule has 0 rings (SSSR count). The Morgan fingerprint density at radius 3 is 1.80 bits per heavy atom. The van der Waals surface area contributed by atoms with E-state index in [2.05, 4.69) is 0 Å². The van der Waals surface area contributed by atoms with Crippen molar-refractivity contribution in [3.63, 3.8) is 0 Å². The van der Waals surface area contributed by atoms with Crippen LogP contribution in [0.2, 0.25) is 0 Å². The molecule has 88 valence electrons. The molecular weight excluding hydrogens is 194 g/mol. The van der Waals surface area contributed by atoms with Crippen LogP contribution in [-0.2, 0) is 9.59 Å². The summed E-state index contributed by atoms with van der Waals surface area (Å²) in [5.41, 5.74) is -1.28. The molecule has 0 fully saturated rings. The molecule has 0 bridgehead atoms. The first kappa shape index (κ1) is 13.9. The minimum Gasteiger partial charge on any atom is -0.481 e. The van der Waals surface area contributed by atoms with Gasteiger partial charge in [0.1, 0.15) is 0 Å². The maximum atomic E-state index is 11.8. The van der Waals surface area contributed by atoms with Crippen LogP contribution in [0.25, 0.3) is 0 Å². The summed E-state index contributed by atoms with van der Waals surface area (Å²) in [6.45, 7) is 8.86. The highest BCUT2D eigenvalue weighted by atomic mass is 16.4. The zero-order valence-electron chi connectivity index (χ0n) is 10.4. The highest BCUT2D eigenvalue weighted by molar-refractivity contribution is 5.84. The van der Waals surface area contributed by atoms with Gasteiger partial charge in [-0.1, -0.05) is 0 Å². The van der Waals surface area contributed by atoms with E-state index in [1.807, 2.05) is 20.8 Å². The van der Waals surface area contributed by atoms with Crippen LogP contribution < -0.4 is 0 Å². The number of amides is 1. The molecule has 0 aliphatic heterocycles. The Morgan fingerprint density at radius 2 is 1.53 bits per heavy atom. The highest BCUT2D eigenvalue weighted by Crippen LogP contribution is 2.23. The molecule has 0 aromatic heterocycles. The largest absolute Gasteiger partial charge is 0.481 e. The predicted molar refractivity (Wildman–Crippen MR) is 58.6 cm³/mol. The molecule has 0 aliphatic rings. The van der Waals surface area contributed by atoms with Crippen LogP contribution in [0.15, 0.2) is 0 Å². The van der Waals surface area contributed by atoms with Gasteiger partial charge in [0, 0.05) is 19.0 Å². The molecule has 0 saturated carbocycles. The quantitative estimate of drug-likeness (QED) is 0.780. The SMILES string of the molecule is CN(C(=O)CC(C)(C)C(=O)O)C(C)(C)C. The normalized spacial score (nSPS) is 12.4. The van der Waals surface area contributed by atoms with Crippen molar-refractivity contribution in [2.24, 2.45) is 5.41 Å². The minimum atomic E-state index is -1.00. The maximum absolute atomic E-state index is 11.8. The third kappa shape index (κ3) is 3.90. The van der Waals surface area contributed by atoms with Crippen molar-refractivity contribution < 1.29 is 14.7 Å². The molecule has 0 saturated heterocycles. The van der Waals surface area contributed by atoms with Gasteiger partial charge in [0.25, 0.3) is 0 Å². The monoisotopic (exact) mass is 215 g/mol. The van der Waals surface area contributed by atoms with Crippen molar-refractivity contribution in [2.75, 3.05) is 7.05 Å². The maximum Gasteiger partial charge on any atom is 0.309 e. The van der Waals surface area contributed by atoms with E-state index in [4.69, 9.17) is 5.11 Å². The number of carbonyl (C=O) groups is 2.